The smallest absolute Gasteiger partial charge is 0.226 e. The molecule has 1 aliphatic carbocycles. The Labute approximate surface area is 197 Å². The fraction of sp³-hybridized carbons (Fsp3) is 0.464. The van der Waals surface area contributed by atoms with Crippen molar-refractivity contribution in [1.82, 2.24) is 15.2 Å². The van der Waals surface area contributed by atoms with E-state index in [-0.39, 0.29) is 11.8 Å². The van der Waals surface area contributed by atoms with Crippen LogP contribution in [0.15, 0.2) is 61.4 Å². The van der Waals surface area contributed by atoms with Gasteiger partial charge in [0.25, 0.3) is 0 Å². The van der Waals surface area contributed by atoms with E-state index in [1.165, 1.54) is 6.42 Å². The Kier molecular flexibility index (Phi) is 7.58. The number of nitrogens with one attached hydrogen (secondary N) is 1. The summed E-state index contributed by atoms with van der Waals surface area (Å²) in [5, 5.41) is 3.05. The second-order valence-corrected chi connectivity index (χ2v) is 9.55. The van der Waals surface area contributed by atoms with E-state index in [0.29, 0.717) is 44.8 Å². The minimum absolute atomic E-state index is 0.0708. The number of carbonyl (C=O) groups is 2. The maximum atomic E-state index is 13.3. The van der Waals surface area contributed by atoms with Gasteiger partial charge in [0.2, 0.25) is 11.8 Å². The van der Waals surface area contributed by atoms with Crippen LogP contribution in [0.3, 0.4) is 0 Å². The van der Waals surface area contributed by atoms with Crippen LogP contribution in [0.4, 0.5) is 0 Å². The highest BCUT2D eigenvalue weighted by molar-refractivity contribution is 5.84. The number of hydrogen-bond donors (Lipinski definition) is 1. The van der Waals surface area contributed by atoms with Gasteiger partial charge in [0.15, 0.2) is 0 Å². The first-order chi connectivity index (χ1) is 16.1. The van der Waals surface area contributed by atoms with Crippen molar-refractivity contribution in [2.45, 2.75) is 51.4 Å². The first kappa shape index (κ1) is 23.2. The highest BCUT2D eigenvalue weighted by Gasteiger charge is 2.42. The van der Waals surface area contributed by atoms with Gasteiger partial charge in [-0.15, -0.1) is 6.58 Å². The van der Waals surface area contributed by atoms with Gasteiger partial charge in [-0.25, -0.2) is 0 Å². The minimum atomic E-state index is -0.511. The number of pyridine rings is 1. The summed E-state index contributed by atoms with van der Waals surface area (Å²) in [4.78, 5) is 32.5. The Morgan fingerprint density at radius 2 is 1.79 bits per heavy atom. The average molecular weight is 446 g/mol. The van der Waals surface area contributed by atoms with Crippen LogP contribution in [0, 0.1) is 11.3 Å². The van der Waals surface area contributed by atoms with E-state index in [4.69, 9.17) is 0 Å². The van der Waals surface area contributed by atoms with E-state index in [1.807, 2.05) is 17.0 Å². The Morgan fingerprint density at radius 3 is 2.48 bits per heavy atom. The van der Waals surface area contributed by atoms with Crippen molar-refractivity contribution in [3.8, 4) is 11.1 Å². The van der Waals surface area contributed by atoms with Crippen molar-refractivity contribution in [1.29, 1.82) is 0 Å². The van der Waals surface area contributed by atoms with Crippen molar-refractivity contribution in [3.63, 3.8) is 0 Å². The molecule has 0 unspecified atom stereocenters. The van der Waals surface area contributed by atoms with E-state index in [0.717, 1.165) is 42.4 Å². The molecule has 2 fully saturated rings. The molecule has 2 heterocycles. The van der Waals surface area contributed by atoms with Gasteiger partial charge in [0.1, 0.15) is 0 Å². The molecule has 0 spiro atoms. The molecular weight excluding hydrogens is 410 g/mol. The van der Waals surface area contributed by atoms with Gasteiger partial charge in [-0.1, -0.05) is 49.6 Å². The number of benzene rings is 1. The van der Waals surface area contributed by atoms with Gasteiger partial charge < -0.3 is 10.2 Å². The molecule has 2 aromatic rings. The SMILES string of the molecule is C=CCNC(=O)C1(Cc2cccc(-c3ccncc3)c2)CCN(C(=O)C2CCCCC2)CC1. The van der Waals surface area contributed by atoms with Gasteiger partial charge in [0, 0.05) is 37.9 Å². The molecule has 0 radical (unpaired) electrons. The van der Waals surface area contributed by atoms with E-state index < -0.39 is 5.41 Å². The minimum Gasteiger partial charge on any atom is -0.352 e. The summed E-state index contributed by atoms with van der Waals surface area (Å²) in [7, 11) is 0. The molecule has 0 bridgehead atoms. The predicted molar refractivity (Wildman–Crippen MR) is 131 cm³/mol. The maximum Gasteiger partial charge on any atom is 0.226 e. The van der Waals surface area contributed by atoms with E-state index in [2.05, 4.69) is 41.1 Å². The predicted octanol–water partition coefficient (Wildman–Crippen LogP) is 4.78. The van der Waals surface area contributed by atoms with Gasteiger partial charge in [-0.3, -0.25) is 14.6 Å². The van der Waals surface area contributed by atoms with Crippen LogP contribution < -0.4 is 5.32 Å². The summed E-state index contributed by atoms with van der Waals surface area (Å²) in [5.41, 5.74) is 2.87. The van der Waals surface area contributed by atoms with Crippen LogP contribution in [0.5, 0.6) is 0 Å². The molecule has 2 aliphatic rings. The Bertz CT molecular complexity index is 958. The van der Waals surface area contributed by atoms with Crippen LogP contribution in [0.25, 0.3) is 11.1 Å². The molecule has 1 aliphatic heterocycles. The van der Waals surface area contributed by atoms with Gasteiger partial charge in [0.05, 0.1) is 5.41 Å². The standard InChI is InChI=1S/C28H35N3O2/c1-2-15-30-27(33)28(13-18-31(19-14-28)26(32)24-8-4-3-5-9-24)21-22-7-6-10-25(20-22)23-11-16-29-17-12-23/h2,6-7,10-12,16-17,20,24H,1,3-5,8-9,13-15,18-19,21H2,(H,30,33). The van der Waals surface area contributed by atoms with Crippen molar-refractivity contribution in [2.24, 2.45) is 11.3 Å². The molecule has 1 saturated carbocycles. The third-order valence-electron chi connectivity index (χ3n) is 7.36. The van der Waals surface area contributed by atoms with Crippen molar-refractivity contribution in [3.05, 3.63) is 67.0 Å². The number of likely N-dealkylation sites (tertiary alicyclic amines) is 1. The lowest BCUT2D eigenvalue weighted by atomic mass is 9.72. The number of aromatic nitrogens is 1. The molecule has 4 rings (SSSR count). The summed E-state index contributed by atoms with van der Waals surface area (Å²) < 4.78 is 0. The van der Waals surface area contributed by atoms with Gasteiger partial charge in [-0.2, -0.15) is 0 Å². The molecular formula is C28H35N3O2. The average Bonchev–Trinajstić information content (AvgIpc) is 2.88. The second kappa shape index (κ2) is 10.8. The lowest BCUT2D eigenvalue weighted by Crippen LogP contribution is -2.52. The van der Waals surface area contributed by atoms with E-state index in [1.54, 1.807) is 18.5 Å². The molecule has 5 nitrogen and oxygen atoms in total. The highest BCUT2D eigenvalue weighted by Crippen LogP contribution is 2.37. The third kappa shape index (κ3) is 5.52. The van der Waals surface area contributed by atoms with Crippen molar-refractivity contribution >= 4 is 11.8 Å². The summed E-state index contributed by atoms with van der Waals surface area (Å²) in [6.45, 7) is 5.51. The zero-order valence-electron chi connectivity index (χ0n) is 19.5. The van der Waals surface area contributed by atoms with E-state index >= 15 is 0 Å². The zero-order valence-corrected chi connectivity index (χ0v) is 19.5. The fourth-order valence-electron chi connectivity index (χ4n) is 5.40. The maximum absolute atomic E-state index is 13.3. The first-order valence-electron chi connectivity index (χ1n) is 12.3. The largest absolute Gasteiger partial charge is 0.352 e. The highest BCUT2D eigenvalue weighted by atomic mass is 16.2. The lowest BCUT2D eigenvalue weighted by Gasteiger charge is -2.42. The summed E-state index contributed by atoms with van der Waals surface area (Å²) >= 11 is 0. The summed E-state index contributed by atoms with van der Waals surface area (Å²) in [5.74, 6) is 0.550. The summed E-state index contributed by atoms with van der Waals surface area (Å²) in [6.07, 6.45) is 13.0. The molecule has 2 amide bonds. The molecule has 0 atom stereocenters. The van der Waals surface area contributed by atoms with Crippen molar-refractivity contribution < 1.29 is 9.59 Å². The molecule has 1 saturated heterocycles. The van der Waals surface area contributed by atoms with Gasteiger partial charge in [-0.05, 0) is 60.9 Å². The number of rotatable bonds is 7. The zero-order chi connectivity index (χ0) is 23.1. The van der Waals surface area contributed by atoms with Crippen LogP contribution in [0.1, 0.15) is 50.5 Å². The van der Waals surface area contributed by atoms with Crippen LogP contribution >= 0.6 is 0 Å². The second-order valence-electron chi connectivity index (χ2n) is 9.55. The topological polar surface area (TPSA) is 62.3 Å². The molecule has 1 N–H and O–H groups in total. The quantitative estimate of drug-likeness (QED) is 0.624. The lowest BCUT2D eigenvalue weighted by molar-refractivity contribution is -0.143. The van der Waals surface area contributed by atoms with Crippen LogP contribution in [-0.4, -0.2) is 41.3 Å². The Morgan fingerprint density at radius 1 is 1.06 bits per heavy atom. The number of carbonyl (C=O) groups excluding carboxylic acids is 2. The summed E-state index contributed by atoms with van der Waals surface area (Å²) in [6, 6.07) is 12.4. The van der Waals surface area contributed by atoms with Crippen LogP contribution in [-0.2, 0) is 16.0 Å². The number of hydrogen-bond acceptors (Lipinski definition) is 3. The molecule has 33 heavy (non-hydrogen) atoms. The number of nitrogens with zero attached hydrogens (tertiary/aromatic N) is 2. The third-order valence-corrected chi connectivity index (χ3v) is 7.36. The normalized spacial score (nSPS) is 18.5. The number of amides is 2. The monoisotopic (exact) mass is 445 g/mol. The van der Waals surface area contributed by atoms with Gasteiger partial charge >= 0.3 is 0 Å². The molecule has 1 aromatic heterocycles. The number of piperidine rings is 1. The molecule has 1 aromatic carbocycles. The van der Waals surface area contributed by atoms with E-state index in [9.17, 15) is 9.59 Å². The molecule has 5 heteroatoms. The fourth-order valence-corrected chi connectivity index (χ4v) is 5.40. The molecule has 174 valence electrons. The van der Waals surface area contributed by atoms with Crippen LogP contribution in [0.2, 0.25) is 0 Å². The van der Waals surface area contributed by atoms with Crippen molar-refractivity contribution in [2.75, 3.05) is 19.6 Å². The Balaban J connectivity index is 1.51. The first-order valence-corrected chi connectivity index (χ1v) is 12.3. The Hall–Kier alpha value is -2.95.